The van der Waals surface area contributed by atoms with Crippen LogP contribution in [-0.4, -0.2) is 30.4 Å². The lowest BCUT2D eigenvalue weighted by Gasteiger charge is -2.31. The molecule has 29 heavy (non-hydrogen) atoms. The second-order valence-corrected chi connectivity index (χ2v) is 7.37. The minimum atomic E-state index is -0.759. The van der Waals surface area contributed by atoms with Gasteiger partial charge >= 0.3 is 5.97 Å². The molecule has 0 bridgehead atoms. The molecule has 0 saturated heterocycles. The Morgan fingerprint density at radius 3 is 2.62 bits per heavy atom. The molecule has 1 aliphatic carbocycles. The van der Waals surface area contributed by atoms with E-state index in [1.807, 2.05) is 0 Å². The molecule has 0 atom stereocenters. The van der Waals surface area contributed by atoms with E-state index in [1.165, 1.54) is 6.07 Å². The van der Waals surface area contributed by atoms with Crippen molar-refractivity contribution in [2.24, 2.45) is 5.92 Å². The summed E-state index contributed by atoms with van der Waals surface area (Å²) in [6.45, 7) is 0.769. The van der Waals surface area contributed by atoms with E-state index in [4.69, 9.17) is 30.6 Å². The number of carbonyl (C=O) groups is 1. The van der Waals surface area contributed by atoms with Crippen molar-refractivity contribution in [3.05, 3.63) is 63.8 Å². The van der Waals surface area contributed by atoms with Crippen LogP contribution in [0, 0.1) is 5.92 Å². The summed E-state index contributed by atoms with van der Waals surface area (Å²) in [7, 11) is 0. The molecule has 1 N–H and O–H groups in total. The lowest BCUT2D eigenvalue weighted by atomic mass is 9.82. The van der Waals surface area contributed by atoms with E-state index in [0.717, 1.165) is 5.56 Å². The van der Waals surface area contributed by atoms with Gasteiger partial charge in [-0.15, -0.1) is 0 Å². The van der Waals surface area contributed by atoms with Gasteiger partial charge in [-0.25, -0.2) is 0 Å². The molecule has 2 aromatic carbocycles. The second kappa shape index (κ2) is 8.27. The molecule has 1 aliphatic rings. The summed E-state index contributed by atoms with van der Waals surface area (Å²) < 4.78 is 17.1. The lowest BCUT2D eigenvalue weighted by Crippen LogP contribution is -2.36. The number of rotatable bonds is 7. The highest BCUT2D eigenvalue weighted by Crippen LogP contribution is 2.30. The molecule has 0 spiro atoms. The van der Waals surface area contributed by atoms with Crippen molar-refractivity contribution in [1.29, 1.82) is 0 Å². The smallest absolute Gasteiger partial charge is 0.306 e. The largest absolute Gasteiger partial charge is 0.491 e. The fourth-order valence-corrected chi connectivity index (χ4v) is 3.49. The van der Waals surface area contributed by atoms with E-state index >= 15 is 0 Å². The van der Waals surface area contributed by atoms with Gasteiger partial charge in [0.1, 0.15) is 18.1 Å². The minimum absolute atomic E-state index is 0.00435. The molecule has 150 valence electrons. The normalized spacial score (nSPS) is 18.4. The first kappa shape index (κ1) is 19.5. The van der Waals surface area contributed by atoms with Crippen LogP contribution in [-0.2, 0) is 9.53 Å². The number of carboxylic acids is 1. The third kappa shape index (κ3) is 4.28. The van der Waals surface area contributed by atoms with Crippen LogP contribution < -0.4 is 10.2 Å². The van der Waals surface area contributed by atoms with Crippen LogP contribution in [0.15, 0.2) is 57.7 Å². The molecule has 1 heterocycles. The van der Waals surface area contributed by atoms with Gasteiger partial charge < -0.3 is 19.0 Å². The van der Waals surface area contributed by atoms with E-state index in [2.05, 4.69) is 0 Å². The van der Waals surface area contributed by atoms with E-state index in [1.54, 1.807) is 42.5 Å². The Labute approximate surface area is 171 Å². The Balaban J connectivity index is 1.35. The molecule has 1 aromatic heterocycles. The molecule has 1 saturated carbocycles. The maximum absolute atomic E-state index is 12.3. The Kier molecular flexibility index (Phi) is 5.56. The monoisotopic (exact) mass is 414 g/mol. The van der Waals surface area contributed by atoms with Crippen molar-refractivity contribution in [2.75, 3.05) is 13.2 Å². The van der Waals surface area contributed by atoms with Gasteiger partial charge in [0.25, 0.3) is 0 Å². The molecule has 0 radical (unpaired) electrons. The van der Waals surface area contributed by atoms with Crippen molar-refractivity contribution in [2.45, 2.75) is 18.9 Å². The number of benzene rings is 2. The van der Waals surface area contributed by atoms with Crippen LogP contribution in [0.5, 0.6) is 5.75 Å². The molecule has 7 heteroatoms. The lowest BCUT2D eigenvalue weighted by molar-refractivity contribution is -0.151. The van der Waals surface area contributed by atoms with Gasteiger partial charge in [0.2, 0.25) is 0 Å². The van der Waals surface area contributed by atoms with Gasteiger partial charge in [0.15, 0.2) is 11.0 Å². The van der Waals surface area contributed by atoms with E-state index < -0.39 is 5.97 Å². The van der Waals surface area contributed by atoms with Crippen molar-refractivity contribution in [3.8, 4) is 17.1 Å². The van der Waals surface area contributed by atoms with E-state index in [0.29, 0.717) is 53.6 Å². The maximum Gasteiger partial charge on any atom is 0.306 e. The van der Waals surface area contributed by atoms with Crippen molar-refractivity contribution in [3.63, 3.8) is 0 Å². The predicted octanol–water partition coefficient (Wildman–Crippen LogP) is 4.37. The van der Waals surface area contributed by atoms with Gasteiger partial charge in [-0.1, -0.05) is 17.7 Å². The van der Waals surface area contributed by atoms with Crippen LogP contribution in [0.2, 0.25) is 5.02 Å². The summed E-state index contributed by atoms with van der Waals surface area (Å²) in [5.41, 5.74) is 0.958. The number of hydrogen-bond donors (Lipinski definition) is 1. The number of ether oxygens (including phenoxy) is 2. The average Bonchev–Trinajstić information content (AvgIpc) is 2.67. The number of aliphatic carboxylic acids is 1. The van der Waals surface area contributed by atoms with Gasteiger partial charge in [-0.2, -0.15) is 0 Å². The van der Waals surface area contributed by atoms with Crippen LogP contribution in [0.1, 0.15) is 12.8 Å². The Morgan fingerprint density at radius 1 is 1.14 bits per heavy atom. The third-order valence-corrected chi connectivity index (χ3v) is 5.29. The molecule has 0 aliphatic heterocycles. The highest BCUT2D eigenvalue weighted by atomic mass is 35.5. The molecule has 4 rings (SSSR count). The SMILES string of the molecule is O=c1cc(-c2ccc(OCCO[C@H]3C[C@H](C(=O)O)C3)cc2)oc2c(Cl)cccc12. The standard InChI is InChI=1S/C22H19ClO6/c23-18-3-1-2-17-19(24)12-20(29-21(17)18)13-4-6-15(7-5-13)27-8-9-28-16-10-14(11-16)22(25)26/h1-7,12,14,16H,8-11H2,(H,25,26)/t14-,16-. The molecule has 3 aromatic rings. The van der Waals surface area contributed by atoms with Gasteiger partial charge in [0.05, 0.1) is 29.0 Å². The molecule has 0 amide bonds. The first-order valence-corrected chi connectivity index (χ1v) is 9.69. The van der Waals surface area contributed by atoms with Crippen LogP contribution in [0.3, 0.4) is 0 Å². The van der Waals surface area contributed by atoms with Crippen LogP contribution in [0.25, 0.3) is 22.3 Å². The third-order valence-electron chi connectivity index (χ3n) is 5.00. The molecule has 0 unspecified atom stereocenters. The Morgan fingerprint density at radius 2 is 1.90 bits per heavy atom. The zero-order valence-corrected chi connectivity index (χ0v) is 16.2. The van der Waals surface area contributed by atoms with E-state index in [9.17, 15) is 9.59 Å². The molecule has 6 nitrogen and oxygen atoms in total. The highest BCUT2D eigenvalue weighted by molar-refractivity contribution is 6.34. The quantitative estimate of drug-likeness (QED) is 0.578. The van der Waals surface area contributed by atoms with Crippen molar-refractivity contribution < 1.29 is 23.8 Å². The first-order valence-electron chi connectivity index (χ1n) is 9.31. The number of fused-ring (bicyclic) bond motifs is 1. The fraction of sp³-hybridized carbons (Fsp3) is 0.273. The summed E-state index contributed by atoms with van der Waals surface area (Å²) >= 11 is 6.15. The van der Waals surface area contributed by atoms with Gasteiger partial charge in [-0.05, 0) is 49.2 Å². The average molecular weight is 415 g/mol. The van der Waals surface area contributed by atoms with E-state index in [-0.39, 0.29) is 17.5 Å². The summed E-state index contributed by atoms with van der Waals surface area (Å²) in [6.07, 6.45) is 1.13. The zero-order valence-electron chi connectivity index (χ0n) is 15.5. The van der Waals surface area contributed by atoms with Crippen molar-refractivity contribution in [1.82, 2.24) is 0 Å². The number of hydrogen-bond acceptors (Lipinski definition) is 5. The van der Waals surface area contributed by atoms with Gasteiger partial charge in [0, 0.05) is 11.6 Å². The van der Waals surface area contributed by atoms with Crippen molar-refractivity contribution >= 4 is 28.5 Å². The zero-order chi connectivity index (χ0) is 20.4. The summed E-state index contributed by atoms with van der Waals surface area (Å²) in [4.78, 5) is 23.1. The topological polar surface area (TPSA) is 86.0 Å². The molecular formula is C22H19ClO6. The number of halogens is 1. The maximum atomic E-state index is 12.3. The Hall–Kier alpha value is -2.83. The summed E-state index contributed by atoms with van der Waals surface area (Å²) in [5, 5.41) is 9.68. The Bertz CT molecular complexity index is 1080. The first-order chi connectivity index (χ1) is 14.0. The summed E-state index contributed by atoms with van der Waals surface area (Å²) in [5.74, 6) is 0.0585. The minimum Gasteiger partial charge on any atom is -0.491 e. The molecule has 1 fully saturated rings. The van der Waals surface area contributed by atoms with Crippen LogP contribution in [0.4, 0.5) is 0 Å². The number of carboxylic acid groups (broad SMARTS) is 1. The molecular weight excluding hydrogens is 396 g/mol. The predicted molar refractivity (Wildman–Crippen MR) is 109 cm³/mol. The fourth-order valence-electron chi connectivity index (χ4n) is 3.28. The van der Waals surface area contributed by atoms with Gasteiger partial charge in [-0.3, -0.25) is 9.59 Å². The second-order valence-electron chi connectivity index (χ2n) is 6.96. The highest BCUT2D eigenvalue weighted by Gasteiger charge is 2.34. The number of para-hydroxylation sites is 1. The van der Waals surface area contributed by atoms with Crippen LogP contribution >= 0.6 is 11.6 Å². The summed E-state index contributed by atoms with van der Waals surface area (Å²) in [6, 6.07) is 13.7.